The predicted octanol–water partition coefficient (Wildman–Crippen LogP) is 2.65. The Kier molecular flexibility index (Phi) is 5.16. The fourth-order valence-electron chi connectivity index (χ4n) is 3.67. The zero-order valence-electron chi connectivity index (χ0n) is 15.5. The Bertz CT molecular complexity index is 882. The quantitative estimate of drug-likeness (QED) is 0.730. The van der Waals surface area contributed by atoms with E-state index in [-0.39, 0.29) is 5.82 Å². The molecule has 3 N–H and O–H groups in total. The van der Waals surface area contributed by atoms with Crippen LogP contribution in [-0.2, 0) is 6.54 Å². The third kappa shape index (κ3) is 4.34. The number of nitrogens with two attached hydrogens (primary N) is 1. The molecule has 27 heavy (non-hydrogen) atoms. The average Bonchev–Trinajstić information content (AvgIpc) is 3.13. The molecule has 0 bridgehead atoms. The summed E-state index contributed by atoms with van der Waals surface area (Å²) >= 11 is 0. The van der Waals surface area contributed by atoms with Crippen LogP contribution in [0, 0.1) is 12.7 Å². The van der Waals surface area contributed by atoms with Gasteiger partial charge in [0.05, 0.1) is 6.04 Å². The highest BCUT2D eigenvalue weighted by Gasteiger charge is 2.22. The molecule has 1 fully saturated rings. The molecule has 1 aliphatic heterocycles. The van der Waals surface area contributed by atoms with Crippen molar-refractivity contribution in [3.63, 3.8) is 0 Å². The van der Waals surface area contributed by atoms with Gasteiger partial charge in [-0.1, -0.05) is 24.3 Å². The molecule has 2 heterocycles. The van der Waals surface area contributed by atoms with Gasteiger partial charge in [-0.05, 0) is 42.3 Å². The molecule has 0 atom stereocenters. The minimum absolute atomic E-state index is 0.201. The number of halogens is 1. The van der Waals surface area contributed by atoms with Crippen LogP contribution in [-0.4, -0.2) is 34.3 Å². The lowest BCUT2D eigenvalue weighted by molar-refractivity contribution is -0.706. The summed E-state index contributed by atoms with van der Waals surface area (Å²) in [5.74, 6) is 1.55. The second-order valence-corrected chi connectivity index (χ2v) is 7.16. The summed E-state index contributed by atoms with van der Waals surface area (Å²) in [6, 6.07) is 15.8. The van der Waals surface area contributed by atoms with Crippen LogP contribution >= 0.6 is 0 Å². The van der Waals surface area contributed by atoms with Crippen LogP contribution in [0.3, 0.4) is 0 Å². The highest BCUT2D eigenvalue weighted by atomic mass is 19.1. The van der Waals surface area contributed by atoms with E-state index in [1.54, 1.807) is 0 Å². The van der Waals surface area contributed by atoms with Crippen LogP contribution in [0.2, 0.25) is 0 Å². The summed E-state index contributed by atoms with van der Waals surface area (Å²) in [5.41, 5.74) is 3.41. The van der Waals surface area contributed by atoms with Gasteiger partial charge in [0, 0.05) is 31.6 Å². The van der Waals surface area contributed by atoms with Crippen LogP contribution in [0.4, 0.5) is 10.1 Å². The van der Waals surface area contributed by atoms with Crippen molar-refractivity contribution >= 4 is 5.69 Å². The van der Waals surface area contributed by atoms with Gasteiger partial charge in [-0.15, -0.1) is 0 Å². The Morgan fingerprint density at radius 3 is 2.59 bits per heavy atom. The molecule has 1 aromatic heterocycles. The highest BCUT2D eigenvalue weighted by molar-refractivity contribution is 5.68. The van der Waals surface area contributed by atoms with E-state index in [1.807, 2.05) is 19.1 Å². The van der Waals surface area contributed by atoms with Crippen LogP contribution in [0.25, 0.3) is 11.1 Å². The fourth-order valence-corrected chi connectivity index (χ4v) is 3.67. The molecule has 0 unspecified atom stereocenters. The van der Waals surface area contributed by atoms with Crippen molar-refractivity contribution in [1.29, 1.82) is 0 Å². The van der Waals surface area contributed by atoms with Crippen LogP contribution in [0.5, 0.6) is 0 Å². The maximum absolute atomic E-state index is 13.2. The summed E-state index contributed by atoms with van der Waals surface area (Å²) in [4.78, 5) is 6.81. The lowest BCUT2D eigenvalue weighted by atomic mass is 10.0. The minimum atomic E-state index is -0.201. The predicted molar refractivity (Wildman–Crippen MR) is 104 cm³/mol. The topological polar surface area (TPSA) is 61.4 Å². The Morgan fingerprint density at radius 2 is 1.89 bits per heavy atom. The van der Waals surface area contributed by atoms with Gasteiger partial charge in [0.25, 0.3) is 0 Å². The number of nitrogens with one attached hydrogen (secondary N) is 1. The lowest BCUT2D eigenvalue weighted by Crippen LogP contribution is -2.89. The molecular weight excluding hydrogens is 341 g/mol. The van der Waals surface area contributed by atoms with E-state index >= 15 is 0 Å². The third-order valence-electron chi connectivity index (χ3n) is 5.21. The fraction of sp³-hybridized carbons (Fsp3) is 0.333. The average molecular weight is 366 g/mol. The lowest BCUT2D eigenvalue weighted by Gasteiger charge is -2.32. The Hall–Kier alpha value is -2.73. The summed E-state index contributed by atoms with van der Waals surface area (Å²) in [5, 5.41) is 9.46. The Balaban J connectivity index is 1.35. The maximum atomic E-state index is 13.2. The number of H-pyrrole nitrogens is 1. The number of rotatable bonds is 5. The number of aryl methyl sites for hydroxylation is 1. The van der Waals surface area contributed by atoms with E-state index in [1.165, 1.54) is 17.8 Å². The molecule has 2 aromatic carbocycles. The van der Waals surface area contributed by atoms with Crippen molar-refractivity contribution in [1.82, 2.24) is 15.2 Å². The van der Waals surface area contributed by atoms with E-state index in [2.05, 4.69) is 49.7 Å². The number of nitrogens with zero attached hydrogens (tertiary/aromatic N) is 3. The van der Waals surface area contributed by atoms with Crippen molar-refractivity contribution < 1.29 is 9.71 Å². The van der Waals surface area contributed by atoms with Gasteiger partial charge in [-0.2, -0.15) is 5.10 Å². The van der Waals surface area contributed by atoms with E-state index in [0.29, 0.717) is 6.04 Å². The normalized spacial score (nSPS) is 15.3. The number of aromatic nitrogens is 3. The first-order valence-electron chi connectivity index (χ1n) is 9.49. The SMILES string of the molecule is Cc1nc(C[NH2+]C2CCN(c3cccc(-c4ccc(F)cc4)c3)CC2)n[nH]1. The van der Waals surface area contributed by atoms with Crippen molar-refractivity contribution in [2.45, 2.75) is 32.4 Å². The van der Waals surface area contributed by atoms with Crippen LogP contribution < -0.4 is 10.2 Å². The third-order valence-corrected chi connectivity index (χ3v) is 5.21. The Labute approximate surface area is 158 Å². The summed E-state index contributed by atoms with van der Waals surface area (Å²) in [6.07, 6.45) is 2.29. The van der Waals surface area contributed by atoms with E-state index < -0.39 is 0 Å². The largest absolute Gasteiger partial charge is 0.371 e. The summed E-state index contributed by atoms with van der Waals surface area (Å²) in [6.45, 7) is 4.84. The van der Waals surface area contributed by atoms with Crippen molar-refractivity contribution in [2.24, 2.45) is 0 Å². The number of anilines is 1. The summed E-state index contributed by atoms with van der Waals surface area (Å²) < 4.78 is 13.2. The molecule has 0 saturated carbocycles. The van der Waals surface area contributed by atoms with E-state index in [0.717, 1.165) is 55.3 Å². The van der Waals surface area contributed by atoms with Gasteiger partial charge in [0.15, 0.2) is 0 Å². The van der Waals surface area contributed by atoms with Crippen LogP contribution in [0.15, 0.2) is 48.5 Å². The monoisotopic (exact) mass is 366 g/mol. The second-order valence-electron chi connectivity index (χ2n) is 7.16. The van der Waals surface area contributed by atoms with Gasteiger partial charge in [-0.3, -0.25) is 5.10 Å². The minimum Gasteiger partial charge on any atom is -0.371 e. The number of benzene rings is 2. The molecule has 0 amide bonds. The number of hydrogen-bond donors (Lipinski definition) is 2. The maximum Gasteiger partial charge on any atom is 0.205 e. The molecule has 0 aliphatic carbocycles. The smallest absolute Gasteiger partial charge is 0.205 e. The molecule has 0 spiro atoms. The zero-order chi connectivity index (χ0) is 18.6. The molecule has 1 aliphatic rings. The summed E-state index contributed by atoms with van der Waals surface area (Å²) in [7, 11) is 0. The van der Waals surface area contributed by atoms with Gasteiger partial charge in [-0.25, -0.2) is 9.37 Å². The molecule has 140 valence electrons. The van der Waals surface area contributed by atoms with Crippen molar-refractivity contribution in [3.8, 4) is 11.1 Å². The van der Waals surface area contributed by atoms with Gasteiger partial charge < -0.3 is 10.2 Å². The van der Waals surface area contributed by atoms with Crippen molar-refractivity contribution in [2.75, 3.05) is 18.0 Å². The molecule has 3 aromatic rings. The van der Waals surface area contributed by atoms with Gasteiger partial charge >= 0.3 is 0 Å². The number of hydrogen-bond acceptors (Lipinski definition) is 3. The molecule has 4 rings (SSSR count). The Morgan fingerprint density at radius 1 is 1.11 bits per heavy atom. The number of aromatic amines is 1. The highest BCUT2D eigenvalue weighted by Crippen LogP contribution is 2.26. The molecule has 6 heteroatoms. The first-order chi connectivity index (χ1) is 13.2. The van der Waals surface area contributed by atoms with Crippen LogP contribution in [0.1, 0.15) is 24.5 Å². The number of quaternary nitrogens is 1. The zero-order valence-corrected chi connectivity index (χ0v) is 15.5. The first kappa shape index (κ1) is 17.7. The standard InChI is InChI=1S/C21H24FN5/c1-15-24-21(26-25-15)14-23-19-9-11-27(12-10-19)20-4-2-3-17(13-20)16-5-7-18(22)8-6-16/h2-8,13,19,23H,9-12,14H2,1H3,(H,24,25,26)/p+1. The molecule has 0 radical (unpaired) electrons. The number of piperidine rings is 1. The molecule has 5 nitrogen and oxygen atoms in total. The van der Waals surface area contributed by atoms with Crippen molar-refractivity contribution in [3.05, 3.63) is 66.0 Å². The van der Waals surface area contributed by atoms with Gasteiger partial charge in [0.2, 0.25) is 5.82 Å². The first-order valence-corrected chi connectivity index (χ1v) is 9.49. The van der Waals surface area contributed by atoms with Gasteiger partial charge in [0.1, 0.15) is 18.2 Å². The van der Waals surface area contributed by atoms with E-state index in [9.17, 15) is 4.39 Å². The second kappa shape index (κ2) is 7.88. The van der Waals surface area contributed by atoms with E-state index in [4.69, 9.17) is 0 Å². The molecule has 1 saturated heterocycles. The molecular formula is C21H25FN5+.